The molecule has 0 atom stereocenters. The van der Waals surface area contributed by atoms with Crippen molar-refractivity contribution in [1.29, 1.82) is 0 Å². The molecule has 12 aromatic rings. The maximum Gasteiger partial charge on any atom is 0.0713 e. The first-order chi connectivity index (χ1) is 36.3. The van der Waals surface area contributed by atoms with E-state index in [0.717, 1.165) is 42.7 Å². The molecule has 0 unspecified atom stereocenters. The van der Waals surface area contributed by atoms with E-state index in [2.05, 4.69) is 310 Å². The number of benzene rings is 11. The van der Waals surface area contributed by atoms with Crippen LogP contribution in [-0.2, 0) is 10.8 Å². The summed E-state index contributed by atoms with van der Waals surface area (Å²) in [6.45, 7) is 4.29. The summed E-state index contributed by atoms with van der Waals surface area (Å²) in [6, 6.07) is 95.5. The van der Waals surface area contributed by atoms with Crippen molar-refractivity contribution in [2.45, 2.75) is 24.7 Å². The number of anilines is 3. The Morgan fingerprint density at radius 3 is 0.986 bits per heavy atom. The highest BCUT2D eigenvalue weighted by atomic mass is 79.9. The van der Waals surface area contributed by atoms with E-state index >= 15 is 0 Å². The molecular formula is C70H48Br2N2. The molecule has 1 aromatic heterocycles. The number of halogens is 2. The van der Waals surface area contributed by atoms with E-state index in [4.69, 9.17) is 0 Å². The summed E-state index contributed by atoms with van der Waals surface area (Å²) in [5, 5.41) is 2.40. The molecule has 0 amide bonds. The van der Waals surface area contributed by atoms with Crippen LogP contribution in [0, 0.1) is 13.8 Å². The van der Waals surface area contributed by atoms with Crippen LogP contribution in [0.4, 0.5) is 17.1 Å². The molecule has 0 bridgehead atoms. The van der Waals surface area contributed by atoms with Crippen molar-refractivity contribution >= 4 is 70.7 Å². The fraction of sp³-hybridized carbons (Fsp3) is 0.0571. The average Bonchev–Trinajstić information content (AvgIpc) is 4.06. The molecule has 0 spiro atoms. The summed E-state index contributed by atoms with van der Waals surface area (Å²) in [6.07, 6.45) is 0. The number of hydrogen-bond donors (Lipinski definition) is 0. The van der Waals surface area contributed by atoms with Crippen LogP contribution in [0.2, 0.25) is 0 Å². The molecule has 0 aliphatic heterocycles. The third-order valence-corrected chi connectivity index (χ3v) is 17.1. The Morgan fingerprint density at radius 1 is 0.324 bits per heavy atom. The quantitative estimate of drug-likeness (QED) is 0.147. The van der Waals surface area contributed by atoms with Crippen LogP contribution in [0.15, 0.2) is 264 Å². The van der Waals surface area contributed by atoms with Gasteiger partial charge in [0.15, 0.2) is 0 Å². The fourth-order valence-corrected chi connectivity index (χ4v) is 13.3. The Kier molecular flexibility index (Phi) is 10.4. The Hall–Kier alpha value is -8.02. The van der Waals surface area contributed by atoms with Gasteiger partial charge in [-0.2, -0.15) is 0 Å². The first-order valence-electron chi connectivity index (χ1n) is 25.4. The maximum absolute atomic E-state index is 3.79. The Balaban J connectivity index is 1.05. The zero-order chi connectivity index (χ0) is 49.7. The molecule has 0 saturated carbocycles. The van der Waals surface area contributed by atoms with Crippen LogP contribution < -0.4 is 4.90 Å². The van der Waals surface area contributed by atoms with Crippen molar-refractivity contribution in [3.8, 4) is 27.9 Å². The minimum atomic E-state index is -0.576. The maximum atomic E-state index is 3.79. The normalized spacial score (nSPS) is 13.6. The fourth-order valence-electron chi connectivity index (χ4n) is 12.8. The number of rotatable bonds is 8. The third kappa shape index (κ3) is 6.61. The largest absolute Gasteiger partial charge is 0.311 e. The highest BCUT2D eigenvalue weighted by Gasteiger charge is 2.48. The number of fused-ring (bicyclic) bond motifs is 9. The van der Waals surface area contributed by atoms with E-state index in [-0.39, 0.29) is 0 Å². The van der Waals surface area contributed by atoms with Gasteiger partial charge >= 0.3 is 0 Å². The molecule has 0 N–H and O–H groups in total. The highest BCUT2D eigenvalue weighted by Crippen LogP contribution is 2.59. The number of hydrogen-bond acceptors (Lipinski definition) is 1. The van der Waals surface area contributed by atoms with Crippen molar-refractivity contribution in [3.05, 3.63) is 319 Å². The highest BCUT2D eigenvalue weighted by molar-refractivity contribution is 9.10. The lowest BCUT2D eigenvalue weighted by molar-refractivity contribution is 0.769. The van der Waals surface area contributed by atoms with Gasteiger partial charge in [0.25, 0.3) is 0 Å². The lowest BCUT2D eigenvalue weighted by Crippen LogP contribution is -2.28. The Labute approximate surface area is 449 Å². The molecule has 11 aromatic carbocycles. The van der Waals surface area contributed by atoms with Gasteiger partial charge in [-0.15, -0.1) is 0 Å². The number of aryl methyl sites for hydroxylation is 2. The summed E-state index contributed by atoms with van der Waals surface area (Å²) in [7, 11) is 0. The van der Waals surface area contributed by atoms with Gasteiger partial charge < -0.3 is 9.47 Å². The SMILES string of the molecule is Cc1ccc(N(c2ccc(C)cc2)c2ccc(-n3c4ccc(C5(c6ccc(Br)cc6)c6ccccc6-c6ccccc65)cc4c4cc(C5(c6ccc(Br)cc6)c6ccccc6-c6ccccc65)ccc43)cc2)cc1. The van der Waals surface area contributed by atoms with Crippen molar-refractivity contribution in [1.82, 2.24) is 4.57 Å². The molecule has 352 valence electrons. The molecule has 14 rings (SSSR count). The lowest BCUT2D eigenvalue weighted by atomic mass is 9.67. The Morgan fingerprint density at radius 2 is 0.635 bits per heavy atom. The molecule has 0 saturated heterocycles. The molecule has 74 heavy (non-hydrogen) atoms. The second-order valence-electron chi connectivity index (χ2n) is 20.0. The first kappa shape index (κ1) is 44.7. The van der Waals surface area contributed by atoms with Crippen LogP contribution in [0.25, 0.3) is 49.7 Å². The second-order valence-corrected chi connectivity index (χ2v) is 21.8. The van der Waals surface area contributed by atoms with E-state index < -0.39 is 10.8 Å². The summed E-state index contributed by atoms with van der Waals surface area (Å²) >= 11 is 7.58. The molecule has 0 radical (unpaired) electrons. The molecule has 2 aliphatic rings. The van der Waals surface area contributed by atoms with E-state index in [1.165, 1.54) is 88.7 Å². The molecule has 1 heterocycles. The first-order valence-corrected chi connectivity index (χ1v) is 26.9. The van der Waals surface area contributed by atoms with E-state index in [1.807, 2.05) is 0 Å². The van der Waals surface area contributed by atoms with Gasteiger partial charge in [0.1, 0.15) is 0 Å². The molecule has 4 heteroatoms. The number of aromatic nitrogens is 1. The molecule has 2 aliphatic carbocycles. The standard InChI is InChI=1S/C70H48Br2N2/c1-45-19-33-53(34-20-45)73(54-35-21-46(2)22-36-54)55-37-39-56(40-38-55)74-67-41-27-49(69(47-23-29-51(71)30-24-47)63-15-7-3-11-57(63)58-12-4-8-16-64(58)69)43-61(67)62-44-50(28-42-68(62)74)70(48-25-31-52(72)32-26-48)65-17-9-5-13-59(65)60-14-6-10-18-66(60)70/h3-44H,1-2H3. The van der Waals surface area contributed by atoms with Crippen molar-refractivity contribution in [3.63, 3.8) is 0 Å². The molecular weight excluding hydrogens is 1030 g/mol. The summed E-state index contributed by atoms with van der Waals surface area (Å²) in [5.41, 5.74) is 23.3. The zero-order valence-corrected chi connectivity index (χ0v) is 44.1. The van der Waals surface area contributed by atoms with Crippen molar-refractivity contribution in [2.75, 3.05) is 4.90 Å². The van der Waals surface area contributed by atoms with Gasteiger partial charge in [-0.05, 0) is 178 Å². The van der Waals surface area contributed by atoms with Gasteiger partial charge in [0, 0.05) is 42.5 Å². The van der Waals surface area contributed by atoms with Crippen LogP contribution in [0.5, 0.6) is 0 Å². The van der Waals surface area contributed by atoms with Gasteiger partial charge in [-0.3, -0.25) is 0 Å². The number of nitrogens with zero attached hydrogens (tertiary/aromatic N) is 2. The van der Waals surface area contributed by atoms with E-state index in [0.29, 0.717) is 0 Å². The smallest absolute Gasteiger partial charge is 0.0713 e. The molecule has 0 fully saturated rings. The monoisotopic (exact) mass is 1070 g/mol. The average molecular weight is 1080 g/mol. The van der Waals surface area contributed by atoms with E-state index in [1.54, 1.807) is 0 Å². The van der Waals surface area contributed by atoms with Gasteiger partial charge in [-0.25, -0.2) is 0 Å². The van der Waals surface area contributed by atoms with Gasteiger partial charge in [0.05, 0.1) is 21.9 Å². The van der Waals surface area contributed by atoms with Crippen LogP contribution in [0.3, 0.4) is 0 Å². The predicted molar refractivity (Wildman–Crippen MR) is 315 cm³/mol. The van der Waals surface area contributed by atoms with Crippen LogP contribution in [0.1, 0.15) is 55.6 Å². The van der Waals surface area contributed by atoms with Gasteiger partial charge in [0.2, 0.25) is 0 Å². The topological polar surface area (TPSA) is 8.17 Å². The van der Waals surface area contributed by atoms with Crippen molar-refractivity contribution in [2.24, 2.45) is 0 Å². The summed E-state index contributed by atoms with van der Waals surface area (Å²) in [4.78, 5) is 2.35. The zero-order valence-electron chi connectivity index (χ0n) is 40.9. The van der Waals surface area contributed by atoms with Gasteiger partial charge in [-0.1, -0.05) is 201 Å². The van der Waals surface area contributed by atoms with Crippen LogP contribution in [-0.4, -0.2) is 4.57 Å². The minimum absolute atomic E-state index is 0.576. The lowest BCUT2D eigenvalue weighted by Gasteiger charge is -2.34. The Bertz CT molecular complexity index is 3810. The van der Waals surface area contributed by atoms with Crippen molar-refractivity contribution < 1.29 is 0 Å². The third-order valence-electron chi connectivity index (χ3n) is 16.0. The van der Waals surface area contributed by atoms with E-state index in [9.17, 15) is 0 Å². The minimum Gasteiger partial charge on any atom is -0.311 e. The van der Waals surface area contributed by atoms with Crippen LogP contribution >= 0.6 is 31.9 Å². The predicted octanol–water partition coefficient (Wildman–Crippen LogP) is 19.1. The summed E-state index contributed by atoms with van der Waals surface area (Å²) in [5.74, 6) is 0. The molecule has 2 nitrogen and oxygen atoms in total. The second kappa shape index (κ2) is 17.3. The summed E-state index contributed by atoms with van der Waals surface area (Å²) < 4.78 is 4.60.